The molecule has 1 N–H and O–H groups in total. The van der Waals surface area contributed by atoms with Gasteiger partial charge in [-0.25, -0.2) is 0 Å². The molecule has 0 aromatic rings. The van der Waals surface area contributed by atoms with Crippen molar-refractivity contribution in [3.8, 4) is 0 Å². The van der Waals surface area contributed by atoms with Crippen molar-refractivity contribution in [2.24, 2.45) is 5.92 Å². The molecule has 2 aliphatic rings. The normalized spacial score (nSPS) is 28.8. The first kappa shape index (κ1) is 14.4. The number of hydrogen-bond donors (Lipinski definition) is 1. The fourth-order valence-corrected chi connectivity index (χ4v) is 3.44. The van der Waals surface area contributed by atoms with Crippen molar-refractivity contribution in [3.05, 3.63) is 0 Å². The van der Waals surface area contributed by atoms with Gasteiger partial charge in [-0.15, -0.1) is 0 Å². The van der Waals surface area contributed by atoms with Gasteiger partial charge in [-0.2, -0.15) is 0 Å². The molecule has 0 aromatic carbocycles. The predicted octanol–water partition coefficient (Wildman–Crippen LogP) is 2.08. The maximum Gasteiger partial charge on any atom is 0.245 e. The highest BCUT2D eigenvalue weighted by Crippen LogP contribution is 2.28. The van der Waals surface area contributed by atoms with Crippen LogP contribution in [0.1, 0.15) is 58.8 Å². The van der Waals surface area contributed by atoms with E-state index in [9.17, 15) is 9.59 Å². The lowest BCUT2D eigenvalue weighted by molar-refractivity contribution is -0.149. The molecule has 4 nitrogen and oxygen atoms in total. The minimum absolute atomic E-state index is 0.00969. The smallest absolute Gasteiger partial charge is 0.245 e. The number of carbonyl (C=O) groups is 2. The van der Waals surface area contributed by atoms with Crippen LogP contribution in [0.5, 0.6) is 0 Å². The lowest BCUT2D eigenvalue weighted by atomic mass is 10.00. The zero-order valence-electron chi connectivity index (χ0n) is 12.2. The first-order valence-electron chi connectivity index (χ1n) is 7.74. The van der Waals surface area contributed by atoms with Crippen LogP contribution in [0.25, 0.3) is 0 Å². The van der Waals surface area contributed by atoms with Crippen LogP contribution in [-0.2, 0) is 9.59 Å². The van der Waals surface area contributed by atoms with Gasteiger partial charge in [0, 0.05) is 6.54 Å². The monoisotopic (exact) mass is 266 g/mol. The van der Waals surface area contributed by atoms with E-state index in [1.54, 1.807) is 11.8 Å². The van der Waals surface area contributed by atoms with Crippen molar-refractivity contribution < 1.29 is 9.59 Å². The second-order valence-corrected chi connectivity index (χ2v) is 5.98. The van der Waals surface area contributed by atoms with Crippen LogP contribution in [0.15, 0.2) is 0 Å². The van der Waals surface area contributed by atoms with Crippen molar-refractivity contribution in [2.75, 3.05) is 6.54 Å². The second kappa shape index (κ2) is 6.40. The van der Waals surface area contributed by atoms with E-state index in [0.29, 0.717) is 6.42 Å². The fraction of sp³-hybridized carbons (Fsp3) is 0.867. The Kier molecular flexibility index (Phi) is 4.83. The Morgan fingerprint density at radius 1 is 1.26 bits per heavy atom. The summed E-state index contributed by atoms with van der Waals surface area (Å²) in [5, 5.41) is 2.76. The van der Waals surface area contributed by atoms with Gasteiger partial charge in [0.1, 0.15) is 12.1 Å². The van der Waals surface area contributed by atoms with Gasteiger partial charge in [0.05, 0.1) is 0 Å². The van der Waals surface area contributed by atoms with Crippen LogP contribution >= 0.6 is 0 Å². The van der Waals surface area contributed by atoms with Gasteiger partial charge >= 0.3 is 0 Å². The number of piperazine rings is 1. The second-order valence-electron chi connectivity index (χ2n) is 5.98. The molecule has 1 saturated carbocycles. The Labute approximate surface area is 115 Å². The van der Waals surface area contributed by atoms with Crippen LogP contribution in [-0.4, -0.2) is 35.3 Å². The standard InChI is InChI=1S/C15H26N2O2/c1-3-13-14(18)16-11(2)15(19)17(13)10-6-9-12-7-4-5-8-12/h11-13H,3-10H2,1-2H3,(H,16,18). The minimum Gasteiger partial charge on any atom is -0.343 e. The van der Waals surface area contributed by atoms with Gasteiger partial charge < -0.3 is 10.2 Å². The molecule has 1 aliphatic carbocycles. The molecule has 1 saturated heterocycles. The summed E-state index contributed by atoms with van der Waals surface area (Å²) in [6.07, 6.45) is 8.37. The largest absolute Gasteiger partial charge is 0.343 e. The van der Waals surface area contributed by atoms with Crippen molar-refractivity contribution in [2.45, 2.75) is 70.9 Å². The molecular formula is C15H26N2O2. The van der Waals surface area contributed by atoms with Crippen molar-refractivity contribution in [1.82, 2.24) is 10.2 Å². The Morgan fingerprint density at radius 2 is 1.95 bits per heavy atom. The van der Waals surface area contributed by atoms with Crippen LogP contribution in [0.2, 0.25) is 0 Å². The lowest BCUT2D eigenvalue weighted by Gasteiger charge is -2.37. The summed E-state index contributed by atoms with van der Waals surface area (Å²) in [5.41, 5.74) is 0. The van der Waals surface area contributed by atoms with Crippen molar-refractivity contribution in [3.63, 3.8) is 0 Å². The number of amides is 2. The average molecular weight is 266 g/mol. The van der Waals surface area contributed by atoms with Gasteiger partial charge in [-0.1, -0.05) is 32.6 Å². The molecule has 0 aromatic heterocycles. The number of rotatable bonds is 5. The molecule has 2 rings (SSSR count). The highest BCUT2D eigenvalue weighted by molar-refractivity contribution is 5.96. The maximum absolute atomic E-state index is 12.2. The van der Waals surface area contributed by atoms with Crippen LogP contribution in [0, 0.1) is 5.92 Å². The lowest BCUT2D eigenvalue weighted by Crippen LogP contribution is -2.62. The summed E-state index contributed by atoms with van der Waals surface area (Å²) in [5.74, 6) is 0.944. The molecular weight excluding hydrogens is 240 g/mol. The van der Waals surface area contributed by atoms with E-state index < -0.39 is 0 Å². The first-order chi connectivity index (χ1) is 9.13. The average Bonchev–Trinajstić information content (AvgIpc) is 2.88. The van der Waals surface area contributed by atoms with Crippen molar-refractivity contribution in [1.29, 1.82) is 0 Å². The molecule has 1 aliphatic heterocycles. The van der Waals surface area contributed by atoms with Gasteiger partial charge in [0.25, 0.3) is 0 Å². The molecule has 0 radical (unpaired) electrons. The third kappa shape index (κ3) is 3.28. The van der Waals surface area contributed by atoms with Crippen LogP contribution < -0.4 is 5.32 Å². The molecule has 4 heteroatoms. The number of carbonyl (C=O) groups excluding carboxylic acids is 2. The highest BCUT2D eigenvalue weighted by Gasteiger charge is 2.36. The molecule has 0 spiro atoms. The summed E-state index contributed by atoms with van der Waals surface area (Å²) in [6.45, 7) is 4.49. The van der Waals surface area contributed by atoms with Gasteiger partial charge in [-0.05, 0) is 32.1 Å². The molecule has 1 heterocycles. The molecule has 2 atom stereocenters. The van der Waals surface area contributed by atoms with E-state index in [1.807, 2.05) is 6.92 Å². The van der Waals surface area contributed by atoms with Crippen molar-refractivity contribution >= 4 is 11.8 Å². The summed E-state index contributed by atoms with van der Waals surface area (Å²) < 4.78 is 0. The van der Waals surface area contributed by atoms with E-state index in [2.05, 4.69) is 5.32 Å². The quantitative estimate of drug-likeness (QED) is 0.828. The van der Waals surface area contributed by atoms with Gasteiger partial charge in [-0.3, -0.25) is 9.59 Å². The van der Waals surface area contributed by atoms with Crippen LogP contribution in [0.4, 0.5) is 0 Å². The molecule has 0 bridgehead atoms. The zero-order valence-corrected chi connectivity index (χ0v) is 12.2. The Hall–Kier alpha value is -1.06. The first-order valence-corrected chi connectivity index (χ1v) is 7.74. The SMILES string of the molecule is CCC1C(=O)NC(C)C(=O)N1CCCC1CCCC1. The summed E-state index contributed by atoms with van der Waals surface area (Å²) >= 11 is 0. The van der Waals surface area contributed by atoms with E-state index >= 15 is 0 Å². The molecule has 19 heavy (non-hydrogen) atoms. The fourth-order valence-electron chi connectivity index (χ4n) is 3.44. The van der Waals surface area contributed by atoms with E-state index in [4.69, 9.17) is 0 Å². The summed E-state index contributed by atoms with van der Waals surface area (Å²) in [7, 11) is 0. The number of nitrogens with zero attached hydrogens (tertiary/aromatic N) is 1. The van der Waals surface area contributed by atoms with Crippen LogP contribution in [0.3, 0.4) is 0 Å². The zero-order chi connectivity index (χ0) is 13.8. The third-order valence-corrected chi connectivity index (χ3v) is 4.56. The Bertz CT molecular complexity index is 337. The molecule has 2 fully saturated rings. The highest BCUT2D eigenvalue weighted by atomic mass is 16.2. The minimum atomic E-state index is -0.359. The topological polar surface area (TPSA) is 49.4 Å². The Balaban J connectivity index is 1.87. The van der Waals surface area contributed by atoms with Gasteiger partial charge in [0.15, 0.2) is 0 Å². The number of hydrogen-bond acceptors (Lipinski definition) is 2. The Morgan fingerprint density at radius 3 is 2.58 bits per heavy atom. The van der Waals surface area contributed by atoms with E-state index in [0.717, 1.165) is 18.9 Å². The molecule has 2 amide bonds. The van der Waals surface area contributed by atoms with Gasteiger partial charge in [0.2, 0.25) is 11.8 Å². The van der Waals surface area contributed by atoms with E-state index in [1.165, 1.54) is 32.1 Å². The third-order valence-electron chi connectivity index (χ3n) is 4.56. The summed E-state index contributed by atoms with van der Waals surface area (Å²) in [4.78, 5) is 25.9. The maximum atomic E-state index is 12.2. The molecule has 2 unspecified atom stereocenters. The summed E-state index contributed by atoms with van der Waals surface area (Å²) in [6, 6.07) is -0.617. The number of nitrogens with one attached hydrogen (secondary N) is 1. The predicted molar refractivity (Wildman–Crippen MR) is 74.6 cm³/mol. The van der Waals surface area contributed by atoms with E-state index in [-0.39, 0.29) is 23.9 Å². The molecule has 108 valence electrons.